The molecule has 0 saturated carbocycles. The van der Waals surface area contributed by atoms with Crippen LogP contribution in [0.3, 0.4) is 0 Å². The number of hydrogen-bond acceptors (Lipinski definition) is 3. The number of ether oxygens (including phenoxy) is 1. The van der Waals surface area contributed by atoms with E-state index in [9.17, 15) is 9.59 Å². The molecule has 2 unspecified atom stereocenters. The van der Waals surface area contributed by atoms with Gasteiger partial charge in [0.1, 0.15) is 0 Å². The third kappa shape index (κ3) is 3.87. The Morgan fingerprint density at radius 3 is 2.39 bits per heavy atom. The average Bonchev–Trinajstić information content (AvgIpc) is 2.39. The summed E-state index contributed by atoms with van der Waals surface area (Å²) in [6.45, 7) is 1.54. The van der Waals surface area contributed by atoms with E-state index in [4.69, 9.17) is 5.11 Å². The van der Waals surface area contributed by atoms with Crippen LogP contribution in [-0.2, 0) is 20.7 Å². The van der Waals surface area contributed by atoms with Crippen molar-refractivity contribution in [2.45, 2.75) is 19.8 Å². The van der Waals surface area contributed by atoms with E-state index in [0.717, 1.165) is 5.56 Å². The second-order valence-corrected chi connectivity index (χ2v) is 4.28. The first-order chi connectivity index (χ1) is 8.56. The first-order valence-electron chi connectivity index (χ1n) is 5.90. The minimum Gasteiger partial charge on any atom is -0.481 e. The Hall–Kier alpha value is -1.84. The van der Waals surface area contributed by atoms with Gasteiger partial charge in [0.15, 0.2) is 0 Å². The number of carbonyl (C=O) groups excluding carboxylic acids is 1. The van der Waals surface area contributed by atoms with E-state index in [1.807, 2.05) is 30.3 Å². The van der Waals surface area contributed by atoms with Crippen molar-refractivity contribution in [3.05, 3.63) is 35.9 Å². The van der Waals surface area contributed by atoms with Gasteiger partial charge in [0, 0.05) is 0 Å². The number of benzene rings is 1. The van der Waals surface area contributed by atoms with Gasteiger partial charge in [-0.3, -0.25) is 9.59 Å². The fourth-order valence-electron chi connectivity index (χ4n) is 1.86. The molecule has 1 aromatic carbocycles. The molecule has 0 heterocycles. The zero-order chi connectivity index (χ0) is 13.5. The lowest BCUT2D eigenvalue weighted by molar-refractivity contribution is -0.155. The zero-order valence-corrected chi connectivity index (χ0v) is 10.6. The molecule has 1 rings (SSSR count). The minimum absolute atomic E-state index is 0.458. The number of rotatable bonds is 6. The number of carboxylic acids is 1. The maximum Gasteiger partial charge on any atom is 0.309 e. The molecule has 0 fully saturated rings. The van der Waals surface area contributed by atoms with Gasteiger partial charge in [0.2, 0.25) is 0 Å². The standard InChI is InChI=1S/C14H18O4/c1-10(13(15)16)12(14(17)18-2)9-8-11-6-4-3-5-7-11/h3-7,10,12H,8-9H2,1-2H3,(H,15,16). The van der Waals surface area contributed by atoms with Crippen molar-refractivity contribution in [2.75, 3.05) is 7.11 Å². The maximum atomic E-state index is 11.6. The number of hydrogen-bond donors (Lipinski definition) is 1. The van der Waals surface area contributed by atoms with E-state index in [-0.39, 0.29) is 0 Å². The van der Waals surface area contributed by atoms with Crippen molar-refractivity contribution < 1.29 is 19.4 Å². The summed E-state index contributed by atoms with van der Waals surface area (Å²) < 4.78 is 4.67. The second kappa shape index (κ2) is 6.79. The number of methoxy groups -OCH3 is 1. The van der Waals surface area contributed by atoms with E-state index in [2.05, 4.69) is 4.74 Å². The molecule has 0 aliphatic rings. The predicted molar refractivity (Wildman–Crippen MR) is 67.1 cm³/mol. The summed E-state index contributed by atoms with van der Waals surface area (Å²) in [6, 6.07) is 9.67. The molecule has 1 aromatic rings. The van der Waals surface area contributed by atoms with Gasteiger partial charge in [-0.25, -0.2) is 0 Å². The maximum absolute atomic E-state index is 11.6. The predicted octanol–water partition coefficient (Wildman–Crippen LogP) is 2.13. The summed E-state index contributed by atoms with van der Waals surface area (Å²) in [6.07, 6.45) is 1.14. The lowest BCUT2D eigenvalue weighted by atomic mass is 9.88. The minimum atomic E-state index is -0.974. The number of esters is 1. The fraction of sp³-hybridized carbons (Fsp3) is 0.429. The van der Waals surface area contributed by atoms with Crippen LogP contribution in [0.25, 0.3) is 0 Å². The Bertz CT molecular complexity index is 400. The molecule has 2 atom stereocenters. The lowest BCUT2D eigenvalue weighted by Crippen LogP contribution is -2.29. The van der Waals surface area contributed by atoms with Gasteiger partial charge < -0.3 is 9.84 Å². The highest BCUT2D eigenvalue weighted by atomic mass is 16.5. The molecule has 0 aromatic heterocycles. The van der Waals surface area contributed by atoms with Crippen LogP contribution in [0.2, 0.25) is 0 Å². The van der Waals surface area contributed by atoms with Gasteiger partial charge >= 0.3 is 11.9 Å². The Labute approximate surface area is 107 Å². The Morgan fingerprint density at radius 1 is 1.28 bits per heavy atom. The molecule has 0 aliphatic heterocycles. The van der Waals surface area contributed by atoms with E-state index in [0.29, 0.717) is 12.8 Å². The third-order valence-electron chi connectivity index (χ3n) is 3.08. The number of carbonyl (C=O) groups is 2. The monoisotopic (exact) mass is 250 g/mol. The van der Waals surface area contributed by atoms with Crippen LogP contribution >= 0.6 is 0 Å². The Kier molecular flexibility index (Phi) is 5.36. The number of carboxylic acid groups (broad SMARTS) is 1. The van der Waals surface area contributed by atoms with E-state index < -0.39 is 23.8 Å². The fourth-order valence-corrected chi connectivity index (χ4v) is 1.86. The van der Waals surface area contributed by atoms with Crippen molar-refractivity contribution in [1.82, 2.24) is 0 Å². The third-order valence-corrected chi connectivity index (χ3v) is 3.08. The molecule has 98 valence electrons. The molecule has 0 radical (unpaired) electrons. The molecular weight excluding hydrogens is 232 g/mol. The van der Waals surface area contributed by atoms with Gasteiger partial charge in [0.25, 0.3) is 0 Å². The molecule has 1 N–H and O–H groups in total. The van der Waals surface area contributed by atoms with E-state index >= 15 is 0 Å². The summed E-state index contributed by atoms with van der Waals surface area (Å²) in [5, 5.41) is 8.99. The first-order valence-corrected chi connectivity index (χ1v) is 5.90. The number of aliphatic carboxylic acids is 1. The Balaban J connectivity index is 2.68. The number of aryl methyl sites for hydroxylation is 1. The Morgan fingerprint density at radius 2 is 1.89 bits per heavy atom. The van der Waals surface area contributed by atoms with Crippen LogP contribution in [-0.4, -0.2) is 24.2 Å². The molecule has 18 heavy (non-hydrogen) atoms. The van der Waals surface area contributed by atoms with Crippen LogP contribution in [0.1, 0.15) is 18.9 Å². The zero-order valence-electron chi connectivity index (χ0n) is 10.6. The van der Waals surface area contributed by atoms with Crippen molar-refractivity contribution >= 4 is 11.9 Å². The summed E-state index contributed by atoms with van der Waals surface area (Å²) in [5.74, 6) is -2.77. The highest BCUT2D eigenvalue weighted by Gasteiger charge is 2.30. The van der Waals surface area contributed by atoms with Crippen LogP contribution in [0, 0.1) is 11.8 Å². The highest BCUT2D eigenvalue weighted by molar-refractivity contribution is 5.80. The first kappa shape index (κ1) is 14.2. The van der Waals surface area contributed by atoms with Crippen LogP contribution in [0.4, 0.5) is 0 Å². The summed E-state index contributed by atoms with van der Waals surface area (Å²) in [5.41, 5.74) is 1.09. The largest absolute Gasteiger partial charge is 0.481 e. The topological polar surface area (TPSA) is 63.6 Å². The van der Waals surface area contributed by atoms with Gasteiger partial charge in [-0.1, -0.05) is 37.3 Å². The average molecular weight is 250 g/mol. The smallest absolute Gasteiger partial charge is 0.309 e. The molecule has 0 bridgehead atoms. The molecule has 4 heteroatoms. The molecule has 4 nitrogen and oxygen atoms in total. The van der Waals surface area contributed by atoms with Gasteiger partial charge in [-0.15, -0.1) is 0 Å². The second-order valence-electron chi connectivity index (χ2n) is 4.28. The lowest BCUT2D eigenvalue weighted by Gasteiger charge is -2.18. The summed E-state index contributed by atoms with van der Waals surface area (Å²) >= 11 is 0. The van der Waals surface area contributed by atoms with Crippen molar-refractivity contribution in [3.63, 3.8) is 0 Å². The molecule has 0 saturated heterocycles. The van der Waals surface area contributed by atoms with Gasteiger partial charge in [-0.05, 0) is 18.4 Å². The van der Waals surface area contributed by atoms with Crippen LogP contribution < -0.4 is 0 Å². The molecule has 0 amide bonds. The van der Waals surface area contributed by atoms with Gasteiger partial charge in [0.05, 0.1) is 18.9 Å². The van der Waals surface area contributed by atoms with Crippen LogP contribution in [0.5, 0.6) is 0 Å². The quantitative estimate of drug-likeness (QED) is 0.785. The molecule has 0 aliphatic carbocycles. The molecule has 0 spiro atoms. The van der Waals surface area contributed by atoms with Crippen molar-refractivity contribution in [3.8, 4) is 0 Å². The van der Waals surface area contributed by atoms with E-state index in [1.54, 1.807) is 0 Å². The normalized spacial score (nSPS) is 13.7. The van der Waals surface area contributed by atoms with Crippen LogP contribution in [0.15, 0.2) is 30.3 Å². The highest BCUT2D eigenvalue weighted by Crippen LogP contribution is 2.20. The summed E-state index contributed by atoms with van der Waals surface area (Å²) in [7, 11) is 1.28. The summed E-state index contributed by atoms with van der Waals surface area (Å²) in [4.78, 5) is 22.6. The van der Waals surface area contributed by atoms with Crippen molar-refractivity contribution in [2.24, 2.45) is 11.8 Å². The van der Waals surface area contributed by atoms with Gasteiger partial charge in [-0.2, -0.15) is 0 Å². The molecular formula is C14H18O4. The van der Waals surface area contributed by atoms with E-state index in [1.165, 1.54) is 14.0 Å². The SMILES string of the molecule is COC(=O)C(CCc1ccccc1)C(C)C(=O)O. The van der Waals surface area contributed by atoms with Crippen molar-refractivity contribution in [1.29, 1.82) is 0 Å².